The number of hydrogen-bond donors (Lipinski definition) is 2. The number of aryl methyl sites for hydroxylation is 1. The number of rotatable bonds is 24. The summed E-state index contributed by atoms with van der Waals surface area (Å²) in [7, 11) is 4.68. The van der Waals surface area contributed by atoms with Gasteiger partial charge in [-0.15, -0.1) is 23.1 Å². The maximum atomic E-state index is 17.4. The van der Waals surface area contributed by atoms with Gasteiger partial charge in [-0.2, -0.15) is 0 Å². The first-order valence-corrected chi connectivity index (χ1v) is 31.6. The second-order valence-corrected chi connectivity index (χ2v) is 26.7. The first-order valence-electron chi connectivity index (χ1n) is 29.7. The first kappa shape index (κ1) is 66.7. The number of amides is 3. The highest BCUT2D eigenvalue weighted by atomic mass is 32.2. The Morgan fingerprint density at radius 3 is 1.90 bits per heavy atom. The highest BCUT2D eigenvalue weighted by molar-refractivity contribution is 8.00. The average Bonchev–Trinajstić information content (AvgIpc) is 1.65. The number of aromatic nitrogens is 2. The minimum atomic E-state index is -1.72. The molecule has 484 valence electrons. The van der Waals surface area contributed by atoms with Crippen LogP contribution < -0.4 is 39.7 Å². The van der Waals surface area contributed by atoms with Crippen molar-refractivity contribution in [3.05, 3.63) is 146 Å². The summed E-state index contributed by atoms with van der Waals surface area (Å²) in [6.07, 6.45) is 2.48. The predicted octanol–water partition coefficient (Wildman–Crippen LogP) is 10.2. The van der Waals surface area contributed by atoms with Gasteiger partial charge in [0.15, 0.2) is 33.6 Å². The largest absolute Gasteiger partial charge is 0.497 e. The van der Waals surface area contributed by atoms with Crippen molar-refractivity contribution in [2.24, 2.45) is 5.16 Å². The summed E-state index contributed by atoms with van der Waals surface area (Å²) in [6, 6.07) is 21.7. The van der Waals surface area contributed by atoms with Gasteiger partial charge in [-0.05, 0) is 121 Å². The van der Waals surface area contributed by atoms with Crippen LogP contribution in [0.3, 0.4) is 0 Å². The monoisotopic (exact) mass is 1290 g/mol. The zero-order valence-corrected chi connectivity index (χ0v) is 54.8. The van der Waals surface area contributed by atoms with Gasteiger partial charge >= 0.3 is 18.0 Å². The topological polar surface area (TPSA) is 243 Å². The number of benzene rings is 4. The quantitative estimate of drug-likeness (QED) is 0.0143. The molecule has 2 aromatic heterocycles. The van der Waals surface area contributed by atoms with E-state index in [4.69, 9.17) is 42.7 Å². The second-order valence-electron chi connectivity index (χ2n) is 24.7. The highest BCUT2D eigenvalue weighted by Crippen LogP contribution is 2.43. The number of thioether (sulfide) groups is 1. The molecule has 2 atom stereocenters. The molecule has 0 unspecified atom stereocenters. The number of carbonyl (C=O) groups excluding carboxylic acids is 5. The van der Waals surface area contributed by atoms with E-state index >= 15 is 9.18 Å². The van der Waals surface area contributed by atoms with Crippen LogP contribution in [0.4, 0.5) is 14.3 Å². The fraction of sp³-hybridized carbons (Fsp3) is 0.424. The molecule has 0 bridgehead atoms. The number of halogens is 1. The van der Waals surface area contributed by atoms with Crippen LogP contribution in [0.15, 0.2) is 112 Å². The number of ether oxygens (including phenoxy) is 8. The number of esters is 2. The average molecular weight is 1290 g/mol. The molecule has 0 aliphatic carbocycles. The van der Waals surface area contributed by atoms with E-state index in [-0.39, 0.29) is 84.1 Å². The Balaban J connectivity index is 1.04. The van der Waals surface area contributed by atoms with E-state index in [1.807, 2.05) is 31.2 Å². The van der Waals surface area contributed by atoms with E-state index in [0.29, 0.717) is 51.5 Å². The summed E-state index contributed by atoms with van der Waals surface area (Å²) in [5.41, 5.74) is -1.15. The fourth-order valence-electron chi connectivity index (χ4n) is 10.6. The summed E-state index contributed by atoms with van der Waals surface area (Å²) < 4.78 is 65.0. The lowest BCUT2D eigenvalue weighted by Crippen LogP contribution is -2.71. The molecule has 25 heteroatoms. The van der Waals surface area contributed by atoms with Crippen molar-refractivity contribution in [3.63, 3.8) is 0 Å². The Labute approximate surface area is 535 Å². The standard InChI is InChI=1S/C66H76FN7O15S2/c1-13-72-31-42(55(75)47-30-49(84-34-39-16-22-44(81-10)23-17-39)56(50(67)54(47)72)85-35-40-18-24-45(82-11)25-19-40)32-74(28-14-15-29-74)33-43-37-90-59-52(58(77)73(59)53(43)60(78)86-36-41-20-26-46(83-12)27-21-41)69-57(76)51(71-89-66(8,9)61(79)87-64(2,3)4)48-38-91-62(68-48)70-63(80)88-65(5,6)7/h16-27,30-31,38,52,59H,13-15,28-29,32-37H2,1-12H3,(H-,68,69,70,76,80)/p+1/t52-,59-/m1/s1. The summed E-state index contributed by atoms with van der Waals surface area (Å²) in [5, 5.41) is 10.2. The van der Waals surface area contributed by atoms with Gasteiger partial charge < -0.3 is 57.1 Å². The molecule has 3 aliphatic heterocycles. The van der Waals surface area contributed by atoms with Crippen LogP contribution >= 0.6 is 23.1 Å². The first-order chi connectivity index (χ1) is 43.2. The minimum Gasteiger partial charge on any atom is -0.497 e. The van der Waals surface area contributed by atoms with E-state index in [2.05, 4.69) is 20.8 Å². The fourth-order valence-corrected chi connectivity index (χ4v) is 12.6. The number of fused-ring (bicyclic) bond motifs is 2. The Morgan fingerprint density at radius 1 is 0.769 bits per heavy atom. The number of carbonyl (C=O) groups is 5. The zero-order chi connectivity index (χ0) is 65.6. The maximum absolute atomic E-state index is 17.4. The summed E-state index contributed by atoms with van der Waals surface area (Å²) >= 11 is 2.28. The van der Waals surface area contributed by atoms with Gasteiger partial charge in [-0.3, -0.25) is 24.6 Å². The van der Waals surface area contributed by atoms with Crippen LogP contribution in [0.1, 0.15) is 103 Å². The van der Waals surface area contributed by atoms with Crippen molar-refractivity contribution in [2.75, 3.05) is 52.0 Å². The van der Waals surface area contributed by atoms with Gasteiger partial charge in [-0.1, -0.05) is 41.6 Å². The van der Waals surface area contributed by atoms with E-state index in [9.17, 15) is 24.0 Å². The van der Waals surface area contributed by atoms with Crippen molar-refractivity contribution < 1.29 is 75.6 Å². The number of nitrogens with one attached hydrogen (secondary N) is 2. The molecular formula is C66H77FN7O15S2+. The Hall–Kier alpha value is -8.68. The number of thiazole rings is 1. The molecule has 0 radical (unpaired) electrons. The number of likely N-dealkylation sites (tertiary alicyclic amines) is 1. The van der Waals surface area contributed by atoms with E-state index < -0.39 is 75.0 Å². The number of oxime groups is 1. The van der Waals surface area contributed by atoms with Crippen molar-refractivity contribution in [1.29, 1.82) is 0 Å². The summed E-state index contributed by atoms with van der Waals surface area (Å²) in [5.74, 6) is -1.89. The number of quaternary nitrogens is 1. The third-order valence-electron chi connectivity index (χ3n) is 15.2. The summed E-state index contributed by atoms with van der Waals surface area (Å²) in [4.78, 5) is 96.9. The van der Waals surface area contributed by atoms with Crippen LogP contribution in [0.5, 0.6) is 28.7 Å². The van der Waals surface area contributed by atoms with Crippen molar-refractivity contribution in [3.8, 4) is 28.7 Å². The number of pyridine rings is 1. The molecule has 0 saturated carbocycles. The molecule has 2 fully saturated rings. The molecule has 22 nitrogen and oxygen atoms in total. The van der Waals surface area contributed by atoms with Crippen LogP contribution in [-0.2, 0) is 71.1 Å². The molecule has 3 amide bonds. The lowest BCUT2D eigenvalue weighted by Gasteiger charge is -2.50. The number of methoxy groups -OCH3 is 3. The molecule has 2 saturated heterocycles. The second kappa shape index (κ2) is 27.8. The van der Waals surface area contributed by atoms with Gasteiger partial charge in [0.2, 0.25) is 5.60 Å². The Morgan fingerprint density at radius 2 is 1.34 bits per heavy atom. The lowest BCUT2D eigenvalue weighted by atomic mass is 10.0. The maximum Gasteiger partial charge on any atom is 0.413 e. The highest BCUT2D eigenvalue weighted by Gasteiger charge is 2.56. The van der Waals surface area contributed by atoms with E-state index in [1.165, 1.54) is 35.9 Å². The van der Waals surface area contributed by atoms with Gasteiger partial charge in [0.05, 0.1) is 50.9 Å². The molecule has 4 aromatic carbocycles. The SMILES string of the molecule is CCn1cc(C[N+]2(CC3=C(C(=O)OCc4ccc(OC)cc4)N4C(=O)[C@@H](NC(=O)C(=NOC(C)(C)C(=O)OC(C)(C)C)c5csc(NC(=O)OC(C)(C)C)n5)[C@H]4SC3)CCCC2)c(=O)c2cc(OCc3ccc(OC)cc3)c(OCc3ccc(OC)cc3)c(F)c21. The van der Waals surface area contributed by atoms with Crippen molar-refractivity contribution >= 4 is 74.7 Å². The van der Waals surface area contributed by atoms with E-state index in [1.54, 1.807) is 128 Å². The molecule has 3 aliphatic rings. The normalized spacial score (nSPS) is 16.5. The smallest absolute Gasteiger partial charge is 0.413 e. The van der Waals surface area contributed by atoms with Crippen LogP contribution in [0.2, 0.25) is 0 Å². The van der Waals surface area contributed by atoms with E-state index in [0.717, 1.165) is 35.3 Å². The van der Waals surface area contributed by atoms with Crippen LogP contribution in [0, 0.1) is 5.82 Å². The van der Waals surface area contributed by atoms with Crippen molar-refractivity contribution in [2.45, 2.75) is 136 Å². The van der Waals surface area contributed by atoms with Gasteiger partial charge in [0.1, 0.15) is 84.2 Å². The lowest BCUT2D eigenvalue weighted by molar-refractivity contribution is -0.925. The third-order valence-corrected chi connectivity index (χ3v) is 17.3. The number of β-lactam (4-membered cyclic amide) rings is 1. The zero-order valence-electron chi connectivity index (χ0n) is 53.1. The molecule has 91 heavy (non-hydrogen) atoms. The predicted molar refractivity (Wildman–Crippen MR) is 341 cm³/mol. The van der Waals surface area contributed by atoms with Gasteiger partial charge in [0.25, 0.3) is 11.8 Å². The molecule has 2 N–H and O–H groups in total. The van der Waals surface area contributed by atoms with Gasteiger partial charge in [-0.25, -0.2) is 23.8 Å². The number of hydrogen-bond acceptors (Lipinski definition) is 19. The minimum absolute atomic E-state index is 0.0122. The van der Waals surface area contributed by atoms with Crippen molar-refractivity contribution in [1.82, 2.24) is 19.8 Å². The molecule has 6 aromatic rings. The molecule has 0 spiro atoms. The Bertz CT molecular complexity index is 3810. The Kier molecular flexibility index (Phi) is 20.4. The third kappa shape index (κ3) is 15.9. The molecule has 5 heterocycles. The molecule has 9 rings (SSSR count). The van der Waals surface area contributed by atoms with Crippen LogP contribution in [-0.4, -0.2) is 129 Å². The van der Waals surface area contributed by atoms with Crippen LogP contribution in [0.25, 0.3) is 10.9 Å². The summed E-state index contributed by atoms with van der Waals surface area (Å²) in [6.45, 7) is 16.6. The molecular weight excluding hydrogens is 1210 g/mol. The van der Waals surface area contributed by atoms with Gasteiger partial charge in [0, 0.05) is 42.3 Å². The number of nitrogens with zero attached hydrogens (tertiary/aromatic N) is 5. The number of anilines is 1.